The van der Waals surface area contributed by atoms with Crippen LogP contribution in [0.3, 0.4) is 0 Å². The molecule has 4 nitrogen and oxygen atoms in total. The Morgan fingerprint density at radius 2 is 2.08 bits per heavy atom. The molecular formula is C7H5ClO4Se. The molecule has 1 aromatic carbocycles. The van der Waals surface area contributed by atoms with Crippen LogP contribution in [0.5, 0.6) is 5.75 Å². The quantitative estimate of drug-likeness (QED) is 0.651. The van der Waals surface area contributed by atoms with Crippen LogP contribution >= 0.6 is 11.6 Å². The molecule has 1 N–H and O–H groups in total. The molecule has 0 bridgehead atoms. The second-order valence-corrected chi connectivity index (χ2v) is 3.67. The number of carbonyl (C=O) groups excluding carboxylic acids is 1. The van der Waals surface area contributed by atoms with Gasteiger partial charge in [-0.15, -0.1) is 0 Å². The van der Waals surface area contributed by atoms with Gasteiger partial charge in [-0.05, 0) is 0 Å². The number of para-hydroxylation sites is 1. The van der Waals surface area contributed by atoms with E-state index >= 15 is 0 Å². The molecule has 0 saturated carbocycles. The fourth-order valence-electron chi connectivity index (χ4n) is 0.778. The van der Waals surface area contributed by atoms with Gasteiger partial charge < -0.3 is 0 Å². The molecule has 1 aromatic rings. The molecule has 13 heavy (non-hydrogen) atoms. The third kappa shape index (κ3) is 2.90. The summed E-state index contributed by atoms with van der Waals surface area (Å²) in [7, 11) is 0. The standard InChI is InChI=1S/C7H5ClO4Se/c8-7(9)5-3-1-2-4-6(5)12-13(10)11/h1-4H,(H,10,11). The van der Waals surface area contributed by atoms with Crippen molar-refractivity contribution in [3.8, 4) is 5.75 Å². The van der Waals surface area contributed by atoms with Crippen LogP contribution in [-0.2, 0) is 3.83 Å². The summed E-state index contributed by atoms with van der Waals surface area (Å²) in [6.07, 6.45) is 0. The van der Waals surface area contributed by atoms with Gasteiger partial charge in [-0.2, -0.15) is 0 Å². The van der Waals surface area contributed by atoms with Gasteiger partial charge in [-0.25, -0.2) is 0 Å². The Morgan fingerprint density at radius 1 is 1.46 bits per heavy atom. The fourth-order valence-corrected chi connectivity index (χ4v) is 1.56. The summed E-state index contributed by atoms with van der Waals surface area (Å²) in [5.74, 6) is 0.0324. The Balaban J connectivity index is 3.04. The average Bonchev–Trinajstić information content (AvgIpc) is 2.03. The molecule has 0 aliphatic rings. The van der Waals surface area contributed by atoms with Crippen molar-refractivity contribution in [2.45, 2.75) is 0 Å². The predicted octanol–water partition coefficient (Wildman–Crippen LogP) is 0.852. The molecular weight excluding hydrogens is 262 g/mol. The molecule has 1 atom stereocenters. The van der Waals surface area contributed by atoms with Gasteiger partial charge in [-0.1, -0.05) is 0 Å². The van der Waals surface area contributed by atoms with E-state index in [4.69, 9.17) is 15.8 Å². The van der Waals surface area contributed by atoms with Crippen LogP contribution in [0.2, 0.25) is 0 Å². The minimum atomic E-state index is -3.31. The van der Waals surface area contributed by atoms with Crippen LogP contribution in [0.1, 0.15) is 10.4 Å². The summed E-state index contributed by atoms with van der Waals surface area (Å²) in [5.41, 5.74) is 0.0859. The number of benzene rings is 1. The molecule has 0 spiro atoms. The van der Waals surface area contributed by atoms with E-state index in [1.165, 1.54) is 12.1 Å². The molecule has 1 rings (SSSR count). The number of halogens is 1. The van der Waals surface area contributed by atoms with E-state index in [0.29, 0.717) is 0 Å². The van der Waals surface area contributed by atoms with Gasteiger partial charge in [0.05, 0.1) is 0 Å². The van der Waals surface area contributed by atoms with E-state index in [1.807, 2.05) is 0 Å². The zero-order valence-corrected chi connectivity index (χ0v) is 8.74. The molecule has 70 valence electrons. The van der Waals surface area contributed by atoms with E-state index in [0.717, 1.165) is 0 Å². The SMILES string of the molecule is O=C(Cl)c1ccccc1O[Se](=O)O. The topological polar surface area (TPSA) is 63.6 Å². The predicted molar refractivity (Wildman–Crippen MR) is 45.9 cm³/mol. The second kappa shape index (κ2) is 4.48. The second-order valence-electron chi connectivity index (χ2n) is 2.07. The van der Waals surface area contributed by atoms with Gasteiger partial charge in [0.1, 0.15) is 0 Å². The molecule has 0 aliphatic heterocycles. The van der Waals surface area contributed by atoms with Gasteiger partial charge in [0.25, 0.3) is 0 Å². The molecule has 0 fully saturated rings. The maximum absolute atomic E-state index is 10.8. The molecule has 0 saturated heterocycles. The van der Waals surface area contributed by atoms with Gasteiger partial charge in [0.2, 0.25) is 0 Å². The van der Waals surface area contributed by atoms with Crippen molar-refractivity contribution in [2.24, 2.45) is 0 Å². The third-order valence-electron chi connectivity index (χ3n) is 1.26. The molecule has 0 heterocycles. The zero-order chi connectivity index (χ0) is 9.84. The molecule has 6 heteroatoms. The number of hydrogen-bond donors (Lipinski definition) is 1. The van der Waals surface area contributed by atoms with Crippen molar-refractivity contribution < 1.29 is 16.6 Å². The van der Waals surface area contributed by atoms with Crippen molar-refractivity contribution >= 4 is 31.3 Å². The van der Waals surface area contributed by atoms with E-state index in [-0.39, 0.29) is 11.3 Å². The Kier molecular flexibility index (Phi) is 3.57. The summed E-state index contributed by atoms with van der Waals surface area (Å²) >= 11 is 1.90. The first kappa shape index (κ1) is 10.3. The molecule has 0 aliphatic carbocycles. The van der Waals surface area contributed by atoms with E-state index in [1.54, 1.807) is 12.1 Å². The van der Waals surface area contributed by atoms with Gasteiger partial charge >= 0.3 is 83.6 Å². The monoisotopic (exact) mass is 268 g/mol. The maximum atomic E-state index is 10.8. The Hall–Kier alpha value is -0.741. The molecule has 1 unspecified atom stereocenters. The van der Waals surface area contributed by atoms with Crippen LogP contribution in [0, 0.1) is 0 Å². The summed E-state index contributed by atoms with van der Waals surface area (Å²) in [6.45, 7) is 0. The van der Waals surface area contributed by atoms with Crippen LogP contribution in [0.15, 0.2) is 24.3 Å². The van der Waals surface area contributed by atoms with Gasteiger partial charge in [0, 0.05) is 0 Å². The number of hydrogen-bond acceptors (Lipinski definition) is 3. The molecule has 0 radical (unpaired) electrons. The third-order valence-corrected chi connectivity index (χ3v) is 2.14. The first-order chi connectivity index (χ1) is 6.11. The Bertz CT molecular complexity index is 352. The number of rotatable bonds is 3. The normalized spacial score (nSPS) is 12.2. The van der Waals surface area contributed by atoms with Crippen molar-refractivity contribution in [3.63, 3.8) is 0 Å². The minimum absolute atomic E-state index is 0.0324. The van der Waals surface area contributed by atoms with Crippen LogP contribution in [0.25, 0.3) is 0 Å². The van der Waals surface area contributed by atoms with Crippen LogP contribution in [0.4, 0.5) is 0 Å². The van der Waals surface area contributed by atoms with Crippen molar-refractivity contribution in [2.75, 3.05) is 0 Å². The first-order valence-corrected chi connectivity index (χ1v) is 5.73. The average molecular weight is 268 g/mol. The summed E-state index contributed by atoms with van der Waals surface area (Å²) in [5, 5.41) is -0.720. The van der Waals surface area contributed by atoms with Crippen LogP contribution < -0.4 is 3.82 Å². The van der Waals surface area contributed by atoms with E-state index in [2.05, 4.69) is 3.82 Å². The molecule has 0 aromatic heterocycles. The fraction of sp³-hybridized carbons (Fsp3) is 0. The van der Waals surface area contributed by atoms with E-state index < -0.39 is 19.7 Å². The zero-order valence-electron chi connectivity index (χ0n) is 6.27. The Labute approximate surface area is 83.8 Å². The van der Waals surface area contributed by atoms with Gasteiger partial charge in [-0.3, -0.25) is 0 Å². The van der Waals surface area contributed by atoms with E-state index in [9.17, 15) is 8.63 Å². The van der Waals surface area contributed by atoms with Crippen molar-refractivity contribution in [3.05, 3.63) is 29.8 Å². The molecule has 0 amide bonds. The van der Waals surface area contributed by atoms with Crippen LogP contribution in [-0.4, -0.2) is 23.9 Å². The van der Waals surface area contributed by atoms with Gasteiger partial charge in [0.15, 0.2) is 0 Å². The number of carbonyl (C=O) groups is 1. The van der Waals surface area contributed by atoms with Crippen molar-refractivity contribution in [1.82, 2.24) is 0 Å². The van der Waals surface area contributed by atoms with Crippen molar-refractivity contribution in [1.29, 1.82) is 0 Å². The Morgan fingerprint density at radius 3 is 2.62 bits per heavy atom. The summed E-state index contributed by atoms with van der Waals surface area (Å²) in [4.78, 5) is 10.8. The summed E-state index contributed by atoms with van der Waals surface area (Å²) < 4.78 is 23.4. The first-order valence-electron chi connectivity index (χ1n) is 3.19. The summed E-state index contributed by atoms with van der Waals surface area (Å²) in [6, 6.07) is 5.98.